The molecule has 0 unspecified atom stereocenters. The van der Waals surface area contributed by atoms with Gasteiger partial charge in [0, 0.05) is 25.0 Å². The molecule has 1 aromatic rings. The third kappa shape index (κ3) is 2.60. The van der Waals surface area contributed by atoms with E-state index in [1.165, 1.54) is 6.07 Å². The standard InChI is InChI=1S/C10H15N3O2/c1-13(4-5-14)9-3-2-7(11)6-8(9)10(12)15/h2-3,6,14H,4-5,11H2,1H3,(H2,12,15). The molecule has 5 nitrogen and oxygen atoms in total. The number of carbonyl (C=O) groups excluding carboxylic acids is 1. The number of aliphatic hydroxyl groups is 1. The van der Waals surface area contributed by atoms with Gasteiger partial charge in [0.15, 0.2) is 0 Å². The molecule has 1 rings (SSSR count). The van der Waals surface area contributed by atoms with E-state index in [0.717, 1.165) is 0 Å². The molecule has 5 heteroatoms. The largest absolute Gasteiger partial charge is 0.399 e. The SMILES string of the molecule is CN(CCO)c1ccc(N)cc1C(N)=O. The smallest absolute Gasteiger partial charge is 0.250 e. The number of primary amides is 1. The van der Waals surface area contributed by atoms with Gasteiger partial charge in [-0.15, -0.1) is 0 Å². The van der Waals surface area contributed by atoms with E-state index in [9.17, 15) is 4.79 Å². The predicted molar refractivity (Wildman–Crippen MR) is 59.7 cm³/mol. The van der Waals surface area contributed by atoms with Gasteiger partial charge in [-0.1, -0.05) is 0 Å². The lowest BCUT2D eigenvalue weighted by Gasteiger charge is -2.20. The van der Waals surface area contributed by atoms with E-state index < -0.39 is 5.91 Å². The number of amides is 1. The van der Waals surface area contributed by atoms with Crippen LogP contribution < -0.4 is 16.4 Å². The topological polar surface area (TPSA) is 92.6 Å². The molecule has 1 aromatic carbocycles. The molecule has 0 radical (unpaired) electrons. The van der Waals surface area contributed by atoms with Crippen molar-refractivity contribution in [3.63, 3.8) is 0 Å². The van der Waals surface area contributed by atoms with Crippen LogP contribution in [-0.2, 0) is 0 Å². The highest BCUT2D eigenvalue weighted by Crippen LogP contribution is 2.21. The lowest BCUT2D eigenvalue weighted by molar-refractivity contribution is 0.100. The Morgan fingerprint density at radius 3 is 2.73 bits per heavy atom. The fourth-order valence-corrected chi connectivity index (χ4v) is 1.35. The maximum absolute atomic E-state index is 11.2. The number of nitrogens with two attached hydrogens (primary N) is 2. The van der Waals surface area contributed by atoms with Crippen molar-refractivity contribution in [3.05, 3.63) is 23.8 Å². The van der Waals surface area contributed by atoms with E-state index in [4.69, 9.17) is 16.6 Å². The number of benzene rings is 1. The summed E-state index contributed by atoms with van der Waals surface area (Å²) in [5.41, 5.74) is 12.3. The first kappa shape index (κ1) is 11.3. The van der Waals surface area contributed by atoms with E-state index in [1.807, 2.05) is 0 Å². The fraction of sp³-hybridized carbons (Fsp3) is 0.300. The van der Waals surface area contributed by atoms with Crippen LogP contribution in [0.4, 0.5) is 11.4 Å². The highest BCUT2D eigenvalue weighted by atomic mass is 16.3. The van der Waals surface area contributed by atoms with Crippen molar-refractivity contribution in [3.8, 4) is 0 Å². The monoisotopic (exact) mass is 209 g/mol. The van der Waals surface area contributed by atoms with Crippen LogP contribution in [0.25, 0.3) is 0 Å². The molecule has 0 atom stereocenters. The van der Waals surface area contributed by atoms with E-state index in [0.29, 0.717) is 23.5 Å². The van der Waals surface area contributed by atoms with Crippen molar-refractivity contribution in [2.45, 2.75) is 0 Å². The van der Waals surface area contributed by atoms with Gasteiger partial charge in [-0.25, -0.2) is 0 Å². The maximum Gasteiger partial charge on any atom is 0.250 e. The average Bonchev–Trinajstić information content (AvgIpc) is 2.17. The van der Waals surface area contributed by atoms with Gasteiger partial charge in [0.05, 0.1) is 12.2 Å². The summed E-state index contributed by atoms with van der Waals surface area (Å²) in [6.45, 7) is 0.448. The second-order valence-corrected chi connectivity index (χ2v) is 3.29. The Bertz CT molecular complexity index is 366. The fourth-order valence-electron chi connectivity index (χ4n) is 1.35. The van der Waals surface area contributed by atoms with Crippen LogP contribution in [0.15, 0.2) is 18.2 Å². The molecule has 0 fully saturated rings. The minimum atomic E-state index is -0.526. The minimum absolute atomic E-state index is 0.0130. The molecule has 82 valence electrons. The van der Waals surface area contributed by atoms with Gasteiger partial charge in [0.2, 0.25) is 0 Å². The van der Waals surface area contributed by atoms with Crippen LogP contribution in [0.1, 0.15) is 10.4 Å². The number of likely N-dealkylation sites (N-methyl/N-ethyl adjacent to an activating group) is 1. The quantitative estimate of drug-likeness (QED) is 0.598. The first-order valence-corrected chi connectivity index (χ1v) is 4.57. The summed E-state index contributed by atoms with van der Waals surface area (Å²) in [7, 11) is 1.77. The molecule has 0 spiro atoms. The summed E-state index contributed by atoms with van der Waals surface area (Å²) in [6, 6.07) is 4.94. The normalized spacial score (nSPS) is 10.0. The Morgan fingerprint density at radius 2 is 2.20 bits per heavy atom. The first-order valence-electron chi connectivity index (χ1n) is 4.57. The molecule has 0 aliphatic rings. The third-order valence-corrected chi connectivity index (χ3v) is 2.13. The molecule has 0 aromatic heterocycles. The van der Waals surface area contributed by atoms with Crippen LogP contribution in [0.3, 0.4) is 0 Å². The first-order chi connectivity index (χ1) is 7.06. The number of nitrogen functional groups attached to an aromatic ring is 1. The van der Waals surface area contributed by atoms with Gasteiger partial charge < -0.3 is 21.5 Å². The molecule has 0 aliphatic carbocycles. The summed E-state index contributed by atoms with van der Waals surface area (Å²) in [5.74, 6) is -0.526. The zero-order valence-corrected chi connectivity index (χ0v) is 8.60. The molecule has 0 heterocycles. The van der Waals surface area contributed by atoms with Crippen LogP contribution >= 0.6 is 0 Å². The highest BCUT2D eigenvalue weighted by Gasteiger charge is 2.11. The lowest BCUT2D eigenvalue weighted by atomic mass is 10.1. The lowest BCUT2D eigenvalue weighted by Crippen LogP contribution is -2.25. The second-order valence-electron chi connectivity index (χ2n) is 3.29. The van der Waals surface area contributed by atoms with E-state index in [2.05, 4.69) is 0 Å². The highest BCUT2D eigenvalue weighted by molar-refractivity contribution is 5.99. The molecule has 0 saturated heterocycles. The number of anilines is 2. The molecule has 0 bridgehead atoms. The molecule has 15 heavy (non-hydrogen) atoms. The summed E-state index contributed by atoms with van der Waals surface area (Å²) < 4.78 is 0. The van der Waals surface area contributed by atoms with Gasteiger partial charge in [-0.05, 0) is 18.2 Å². The van der Waals surface area contributed by atoms with Crippen molar-refractivity contribution in [2.75, 3.05) is 30.8 Å². The van der Waals surface area contributed by atoms with Crippen LogP contribution in [0.2, 0.25) is 0 Å². The van der Waals surface area contributed by atoms with Gasteiger partial charge in [0.25, 0.3) is 5.91 Å². The molecule has 1 amide bonds. The Balaban J connectivity index is 3.10. The van der Waals surface area contributed by atoms with Crippen LogP contribution in [0, 0.1) is 0 Å². The number of carbonyl (C=O) groups is 1. The van der Waals surface area contributed by atoms with Gasteiger partial charge in [-0.3, -0.25) is 4.79 Å². The van der Waals surface area contributed by atoms with Gasteiger partial charge >= 0.3 is 0 Å². The third-order valence-electron chi connectivity index (χ3n) is 2.13. The Morgan fingerprint density at radius 1 is 1.53 bits per heavy atom. The Hall–Kier alpha value is -1.75. The second kappa shape index (κ2) is 4.65. The number of aliphatic hydroxyl groups excluding tert-OH is 1. The zero-order valence-electron chi connectivity index (χ0n) is 8.60. The summed E-state index contributed by atoms with van der Waals surface area (Å²) >= 11 is 0. The van der Waals surface area contributed by atoms with Crippen molar-refractivity contribution in [1.29, 1.82) is 0 Å². The predicted octanol–water partition coefficient (Wildman–Crippen LogP) is -0.204. The van der Waals surface area contributed by atoms with Crippen LogP contribution in [-0.4, -0.2) is 31.2 Å². The summed E-state index contributed by atoms with van der Waals surface area (Å²) in [4.78, 5) is 12.9. The zero-order chi connectivity index (χ0) is 11.4. The summed E-state index contributed by atoms with van der Waals surface area (Å²) in [6.07, 6.45) is 0. The van der Waals surface area contributed by atoms with Crippen molar-refractivity contribution < 1.29 is 9.90 Å². The van der Waals surface area contributed by atoms with Crippen molar-refractivity contribution in [2.24, 2.45) is 5.73 Å². The molecule has 5 N–H and O–H groups in total. The van der Waals surface area contributed by atoms with E-state index in [-0.39, 0.29) is 6.61 Å². The average molecular weight is 209 g/mol. The Labute approximate surface area is 88.3 Å². The van der Waals surface area contributed by atoms with E-state index >= 15 is 0 Å². The molecular weight excluding hydrogens is 194 g/mol. The Kier molecular flexibility index (Phi) is 3.51. The number of hydrogen-bond acceptors (Lipinski definition) is 4. The summed E-state index contributed by atoms with van der Waals surface area (Å²) in [5, 5.41) is 8.80. The maximum atomic E-state index is 11.2. The van der Waals surface area contributed by atoms with Gasteiger partial charge in [0.1, 0.15) is 0 Å². The number of rotatable bonds is 4. The number of hydrogen-bond donors (Lipinski definition) is 3. The molecular formula is C10H15N3O2. The van der Waals surface area contributed by atoms with Gasteiger partial charge in [-0.2, -0.15) is 0 Å². The molecule has 0 saturated carbocycles. The van der Waals surface area contributed by atoms with Crippen molar-refractivity contribution >= 4 is 17.3 Å². The van der Waals surface area contributed by atoms with E-state index in [1.54, 1.807) is 24.1 Å². The minimum Gasteiger partial charge on any atom is -0.399 e. The van der Waals surface area contributed by atoms with Crippen LogP contribution in [0.5, 0.6) is 0 Å². The number of nitrogens with zero attached hydrogens (tertiary/aromatic N) is 1. The van der Waals surface area contributed by atoms with Crippen molar-refractivity contribution in [1.82, 2.24) is 0 Å². The molecule has 0 aliphatic heterocycles.